The van der Waals surface area contributed by atoms with Crippen molar-refractivity contribution in [1.29, 1.82) is 0 Å². The van der Waals surface area contributed by atoms with Gasteiger partial charge in [0.15, 0.2) is 0 Å². The van der Waals surface area contributed by atoms with Crippen LogP contribution >= 0.6 is 11.6 Å². The zero-order valence-corrected chi connectivity index (χ0v) is 16.1. The first-order valence-electron chi connectivity index (χ1n) is 8.90. The van der Waals surface area contributed by atoms with Crippen LogP contribution in [0.1, 0.15) is 19.2 Å². The number of halogens is 2. The number of nitrogens with zero attached hydrogens (tertiary/aromatic N) is 3. The van der Waals surface area contributed by atoms with E-state index in [1.807, 2.05) is 24.0 Å². The fourth-order valence-corrected chi connectivity index (χ4v) is 2.97. The van der Waals surface area contributed by atoms with Gasteiger partial charge in [0.05, 0.1) is 23.7 Å². The van der Waals surface area contributed by atoms with Crippen molar-refractivity contribution in [2.45, 2.75) is 19.9 Å². The molecule has 0 aliphatic rings. The van der Waals surface area contributed by atoms with Gasteiger partial charge in [-0.2, -0.15) is 0 Å². The van der Waals surface area contributed by atoms with Gasteiger partial charge in [-0.3, -0.25) is 9.69 Å². The topological polar surface area (TPSA) is 71.3 Å². The van der Waals surface area contributed by atoms with Crippen molar-refractivity contribution in [2.75, 3.05) is 18.4 Å². The summed E-state index contributed by atoms with van der Waals surface area (Å²) in [5.41, 5.74) is 1.08. The summed E-state index contributed by atoms with van der Waals surface area (Å²) in [6.45, 7) is 3.12. The molecule has 0 saturated heterocycles. The predicted octanol–water partition coefficient (Wildman–Crippen LogP) is 4.38. The number of anilines is 1. The fourth-order valence-electron chi connectivity index (χ4n) is 2.75. The second kappa shape index (κ2) is 9.43. The predicted molar refractivity (Wildman–Crippen MR) is 105 cm³/mol. The third-order valence-electron chi connectivity index (χ3n) is 3.95. The SMILES string of the molecule is CCCN(CC(=O)Nc1cccc(F)c1)Cc1nnc(-c2ccccc2Cl)o1. The number of hydrogen-bond acceptors (Lipinski definition) is 5. The van der Waals surface area contributed by atoms with E-state index in [0.29, 0.717) is 41.1 Å². The van der Waals surface area contributed by atoms with Crippen LogP contribution in [0.15, 0.2) is 52.9 Å². The maximum Gasteiger partial charge on any atom is 0.249 e. The number of hydrogen-bond donors (Lipinski definition) is 1. The molecule has 146 valence electrons. The van der Waals surface area contributed by atoms with Crippen molar-refractivity contribution in [3.05, 3.63) is 65.3 Å². The van der Waals surface area contributed by atoms with Crippen molar-refractivity contribution in [2.24, 2.45) is 0 Å². The molecule has 2 aromatic carbocycles. The second-order valence-electron chi connectivity index (χ2n) is 6.25. The lowest BCUT2D eigenvalue weighted by molar-refractivity contribution is -0.117. The van der Waals surface area contributed by atoms with Crippen LogP contribution in [0, 0.1) is 5.82 Å². The summed E-state index contributed by atoms with van der Waals surface area (Å²) in [4.78, 5) is 14.2. The summed E-state index contributed by atoms with van der Waals surface area (Å²) in [6, 6.07) is 13.0. The number of amides is 1. The molecule has 3 rings (SSSR count). The Hall–Kier alpha value is -2.77. The van der Waals surface area contributed by atoms with Crippen molar-refractivity contribution >= 4 is 23.2 Å². The highest BCUT2D eigenvalue weighted by molar-refractivity contribution is 6.33. The van der Waals surface area contributed by atoms with Crippen molar-refractivity contribution in [1.82, 2.24) is 15.1 Å². The highest BCUT2D eigenvalue weighted by Gasteiger charge is 2.16. The Kier molecular flexibility index (Phi) is 6.73. The third kappa shape index (κ3) is 5.37. The van der Waals surface area contributed by atoms with Crippen LogP contribution < -0.4 is 5.32 Å². The van der Waals surface area contributed by atoms with Crippen LogP contribution in [-0.2, 0) is 11.3 Å². The fraction of sp³-hybridized carbons (Fsp3) is 0.250. The minimum atomic E-state index is -0.402. The Morgan fingerprint density at radius 2 is 2.04 bits per heavy atom. The second-order valence-corrected chi connectivity index (χ2v) is 6.66. The number of aromatic nitrogens is 2. The van der Waals surface area contributed by atoms with Crippen LogP contribution in [0.2, 0.25) is 5.02 Å². The van der Waals surface area contributed by atoms with Crippen LogP contribution in [0.4, 0.5) is 10.1 Å². The average molecular weight is 403 g/mol. The van der Waals surface area contributed by atoms with E-state index in [0.717, 1.165) is 6.42 Å². The van der Waals surface area contributed by atoms with Gasteiger partial charge in [0.1, 0.15) is 5.82 Å². The number of rotatable bonds is 8. The van der Waals surface area contributed by atoms with E-state index < -0.39 is 5.82 Å². The standard InChI is InChI=1S/C20H20ClFN4O2/c1-2-10-26(12-18(27)23-15-7-5-6-14(22)11-15)13-19-24-25-20(28-19)16-8-3-4-9-17(16)21/h3-9,11H,2,10,12-13H2,1H3,(H,23,27). The molecule has 0 radical (unpaired) electrons. The molecule has 1 amide bonds. The number of carbonyl (C=O) groups is 1. The van der Waals surface area contributed by atoms with Gasteiger partial charge in [0, 0.05) is 5.69 Å². The van der Waals surface area contributed by atoms with E-state index in [9.17, 15) is 9.18 Å². The molecule has 6 nitrogen and oxygen atoms in total. The van der Waals surface area contributed by atoms with Gasteiger partial charge in [-0.15, -0.1) is 10.2 Å². The maximum atomic E-state index is 13.3. The summed E-state index contributed by atoms with van der Waals surface area (Å²) >= 11 is 6.16. The molecule has 8 heteroatoms. The Morgan fingerprint density at radius 1 is 1.21 bits per heavy atom. The van der Waals surface area contributed by atoms with Crippen molar-refractivity contribution in [3.8, 4) is 11.5 Å². The smallest absolute Gasteiger partial charge is 0.249 e. The largest absolute Gasteiger partial charge is 0.419 e. The summed E-state index contributed by atoms with van der Waals surface area (Å²) < 4.78 is 19.0. The zero-order chi connectivity index (χ0) is 19.9. The maximum absolute atomic E-state index is 13.3. The normalized spacial score (nSPS) is 11.0. The minimum Gasteiger partial charge on any atom is -0.419 e. The third-order valence-corrected chi connectivity index (χ3v) is 4.27. The van der Waals surface area contributed by atoms with Crippen LogP contribution in [0.3, 0.4) is 0 Å². The summed E-state index contributed by atoms with van der Waals surface area (Å²) in [5, 5.41) is 11.3. The summed E-state index contributed by atoms with van der Waals surface area (Å²) in [6.07, 6.45) is 0.846. The Bertz CT molecular complexity index is 947. The average Bonchev–Trinajstić information content (AvgIpc) is 3.10. The van der Waals surface area contributed by atoms with Gasteiger partial charge >= 0.3 is 0 Å². The van der Waals surface area contributed by atoms with Gasteiger partial charge < -0.3 is 9.73 Å². The van der Waals surface area contributed by atoms with Gasteiger partial charge in [-0.05, 0) is 43.3 Å². The molecule has 0 saturated carbocycles. The molecule has 0 aliphatic heterocycles. The van der Waals surface area contributed by atoms with Crippen LogP contribution in [-0.4, -0.2) is 34.1 Å². The molecule has 3 aromatic rings. The molecule has 1 N–H and O–H groups in total. The van der Waals surface area contributed by atoms with E-state index in [4.69, 9.17) is 16.0 Å². The first-order valence-corrected chi connectivity index (χ1v) is 9.28. The Labute approximate surface area is 167 Å². The van der Waals surface area contributed by atoms with Crippen LogP contribution in [0.25, 0.3) is 11.5 Å². The van der Waals surface area contributed by atoms with E-state index in [1.165, 1.54) is 12.1 Å². The zero-order valence-electron chi connectivity index (χ0n) is 15.4. The number of nitrogens with one attached hydrogen (secondary N) is 1. The highest BCUT2D eigenvalue weighted by Crippen LogP contribution is 2.26. The molecule has 1 aromatic heterocycles. The van der Waals surface area contributed by atoms with E-state index in [2.05, 4.69) is 15.5 Å². The highest BCUT2D eigenvalue weighted by atomic mass is 35.5. The Morgan fingerprint density at radius 3 is 2.79 bits per heavy atom. The lowest BCUT2D eigenvalue weighted by Gasteiger charge is -2.19. The molecule has 0 atom stereocenters. The number of carbonyl (C=O) groups excluding carboxylic acids is 1. The van der Waals surface area contributed by atoms with Gasteiger partial charge in [0.25, 0.3) is 0 Å². The molecule has 1 heterocycles. The van der Waals surface area contributed by atoms with Crippen molar-refractivity contribution < 1.29 is 13.6 Å². The van der Waals surface area contributed by atoms with E-state index in [-0.39, 0.29) is 12.5 Å². The first-order chi connectivity index (χ1) is 13.5. The molecular formula is C20H20ClFN4O2. The monoisotopic (exact) mass is 402 g/mol. The van der Waals surface area contributed by atoms with Gasteiger partial charge in [-0.1, -0.05) is 36.7 Å². The Balaban J connectivity index is 1.64. The van der Waals surface area contributed by atoms with Gasteiger partial charge in [0.2, 0.25) is 17.7 Å². The molecule has 0 aliphatic carbocycles. The van der Waals surface area contributed by atoms with Gasteiger partial charge in [-0.25, -0.2) is 4.39 Å². The minimum absolute atomic E-state index is 0.119. The lowest BCUT2D eigenvalue weighted by atomic mass is 10.2. The van der Waals surface area contributed by atoms with E-state index >= 15 is 0 Å². The molecule has 0 unspecified atom stereocenters. The summed E-state index contributed by atoms with van der Waals surface area (Å²) in [5.74, 6) is 0.0780. The number of benzene rings is 2. The first kappa shape index (κ1) is 20.0. The molecule has 0 fully saturated rings. The van der Waals surface area contributed by atoms with E-state index in [1.54, 1.807) is 24.3 Å². The lowest BCUT2D eigenvalue weighted by Crippen LogP contribution is -2.33. The van der Waals surface area contributed by atoms with Crippen molar-refractivity contribution in [3.63, 3.8) is 0 Å². The molecule has 28 heavy (non-hydrogen) atoms. The molecule has 0 spiro atoms. The quantitative estimate of drug-likeness (QED) is 0.605. The van der Waals surface area contributed by atoms with Crippen LogP contribution in [0.5, 0.6) is 0 Å². The molecular weight excluding hydrogens is 383 g/mol. The summed E-state index contributed by atoms with van der Waals surface area (Å²) in [7, 11) is 0. The molecule has 0 bridgehead atoms.